The van der Waals surface area contributed by atoms with Crippen LogP contribution in [0.25, 0.3) is 5.65 Å². The van der Waals surface area contributed by atoms with Crippen LogP contribution in [0.15, 0.2) is 36.5 Å². The molecule has 0 aliphatic heterocycles. The van der Waals surface area contributed by atoms with E-state index in [9.17, 15) is 13.6 Å². The Kier molecular flexibility index (Phi) is 3.82. The zero-order valence-electron chi connectivity index (χ0n) is 12.7. The first-order valence-electron chi connectivity index (χ1n) is 7.23. The minimum absolute atomic E-state index is 0.0619. The maximum absolute atomic E-state index is 13.6. The van der Waals surface area contributed by atoms with Gasteiger partial charge >= 0.3 is 0 Å². The second kappa shape index (κ2) is 5.79. The van der Waals surface area contributed by atoms with Crippen LogP contribution in [0, 0.1) is 18.6 Å². The second-order valence-electron chi connectivity index (χ2n) is 5.22. The molecule has 23 heavy (non-hydrogen) atoms. The average molecular weight is 315 g/mol. The average Bonchev–Trinajstić information content (AvgIpc) is 2.86. The summed E-state index contributed by atoms with van der Waals surface area (Å²) in [5, 5.41) is 2.44. The van der Waals surface area contributed by atoms with Crippen LogP contribution in [-0.4, -0.2) is 15.3 Å². The van der Waals surface area contributed by atoms with Crippen molar-refractivity contribution in [2.24, 2.45) is 0 Å². The number of rotatable bonds is 3. The van der Waals surface area contributed by atoms with E-state index in [0.29, 0.717) is 5.56 Å². The number of carbonyl (C=O) groups excluding carboxylic acids is 1. The van der Waals surface area contributed by atoms with Crippen LogP contribution in [0.4, 0.5) is 14.5 Å². The van der Waals surface area contributed by atoms with Gasteiger partial charge in [-0.25, -0.2) is 13.8 Å². The number of pyridine rings is 1. The molecule has 0 aliphatic rings. The molecule has 3 rings (SSSR count). The van der Waals surface area contributed by atoms with E-state index in [4.69, 9.17) is 0 Å². The van der Waals surface area contributed by atoms with Gasteiger partial charge in [0.05, 0.1) is 16.9 Å². The molecule has 6 heteroatoms. The Morgan fingerprint density at radius 1 is 1.26 bits per heavy atom. The van der Waals surface area contributed by atoms with Gasteiger partial charge in [-0.1, -0.05) is 6.92 Å². The Bertz CT molecular complexity index is 902. The van der Waals surface area contributed by atoms with Gasteiger partial charge in [-0.3, -0.25) is 4.79 Å². The predicted octanol–water partition coefficient (Wildman–Crippen LogP) is 3.74. The van der Waals surface area contributed by atoms with E-state index in [1.807, 2.05) is 18.2 Å². The highest BCUT2D eigenvalue weighted by atomic mass is 19.1. The first-order chi connectivity index (χ1) is 11.0. The molecule has 0 saturated heterocycles. The molecular weight excluding hydrogens is 300 g/mol. The summed E-state index contributed by atoms with van der Waals surface area (Å²) in [6.07, 6.45) is 2.46. The molecular formula is C17H15F2N3O. The van der Waals surface area contributed by atoms with Crippen LogP contribution in [0.1, 0.15) is 28.7 Å². The molecule has 0 fully saturated rings. The van der Waals surface area contributed by atoms with Crippen LogP contribution in [-0.2, 0) is 6.42 Å². The van der Waals surface area contributed by atoms with Crippen molar-refractivity contribution in [1.82, 2.24) is 9.38 Å². The highest BCUT2D eigenvalue weighted by molar-refractivity contribution is 6.04. The summed E-state index contributed by atoms with van der Waals surface area (Å²) in [4.78, 5) is 16.7. The van der Waals surface area contributed by atoms with Gasteiger partial charge in [-0.15, -0.1) is 0 Å². The number of hydrogen-bond donors (Lipinski definition) is 1. The SMILES string of the molecule is CCc1nc2ccc(C(=O)Nc3ccc(F)cc3F)cn2c1C. The van der Waals surface area contributed by atoms with E-state index in [2.05, 4.69) is 10.3 Å². The van der Waals surface area contributed by atoms with Gasteiger partial charge in [0.25, 0.3) is 5.91 Å². The fraction of sp³-hybridized carbons (Fsp3) is 0.176. The highest BCUT2D eigenvalue weighted by Crippen LogP contribution is 2.18. The molecule has 4 nitrogen and oxygen atoms in total. The standard InChI is InChI=1S/C17H15F2N3O/c1-3-14-10(2)22-9-11(4-7-16(22)20-14)17(23)21-15-6-5-12(18)8-13(15)19/h4-9H,3H2,1-2H3,(H,21,23). The predicted molar refractivity (Wildman–Crippen MR) is 83.6 cm³/mol. The van der Waals surface area contributed by atoms with E-state index in [1.165, 1.54) is 6.07 Å². The molecule has 2 heterocycles. The van der Waals surface area contributed by atoms with Crippen LogP contribution in [0.3, 0.4) is 0 Å². The molecule has 1 aromatic carbocycles. The van der Waals surface area contributed by atoms with Gasteiger partial charge in [0, 0.05) is 18.0 Å². The molecule has 0 spiro atoms. The molecule has 118 valence electrons. The van der Waals surface area contributed by atoms with E-state index < -0.39 is 17.5 Å². The lowest BCUT2D eigenvalue weighted by Crippen LogP contribution is -2.14. The number of benzene rings is 1. The number of fused-ring (bicyclic) bond motifs is 1. The Labute approximate surface area is 131 Å². The van der Waals surface area contributed by atoms with E-state index >= 15 is 0 Å². The van der Waals surface area contributed by atoms with Crippen LogP contribution >= 0.6 is 0 Å². The van der Waals surface area contributed by atoms with Crippen molar-refractivity contribution in [2.45, 2.75) is 20.3 Å². The number of amides is 1. The fourth-order valence-electron chi connectivity index (χ4n) is 2.47. The Morgan fingerprint density at radius 3 is 2.74 bits per heavy atom. The topological polar surface area (TPSA) is 46.4 Å². The van der Waals surface area contributed by atoms with Crippen molar-refractivity contribution in [3.05, 3.63) is 65.1 Å². The number of hydrogen-bond acceptors (Lipinski definition) is 2. The summed E-state index contributed by atoms with van der Waals surface area (Å²) < 4.78 is 28.4. The smallest absolute Gasteiger partial charge is 0.257 e. The van der Waals surface area contributed by atoms with E-state index in [1.54, 1.807) is 18.3 Å². The number of aryl methyl sites for hydroxylation is 2. The number of imidazole rings is 1. The molecule has 0 bridgehead atoms. The number of anilines is 1. The van der Waals surface area contributed by atoms with Crippen LogP contribution < -0.4 is 5.32 Å². The molecule has 3 aromatic rings. The van der Waals surface area contributed by atoms with Gasteiger partial charge in [0.2, 0.25) is 0 Å². The van der Waals surface area contributed by atoms with Gasteiger partial charge in [-0.05, 0) is 37.6 Å². The van der Waals surface area contributed by atoms with Crippen molar-refractivity contribution < 1.29 is 13.6 Å². The van der Waals surface area contributed by atoms with E-state index in [0.717, 1.165) is 35.6 Å². The molecule has 1 amide bonds. The second-order valence-corrected chi connectivity index (χ2v) is 5.22. The Morgan fingerprint density at radius 2 is 2.04 bits per heavy atom. The van der Waals surface area contributed by atoms with Crippen LogP contribution in [0.5, 0.6) is 0 Å². The lowest BCUT2D eigenvalue weighted by Gasteiger charge is -2.07. The third-order valence-corrected chi connectivity index (χ3v) is 3.73. The third-order valence-electron chi connectivity index (χ3n) is 3.73. The largest absolute Gasteiger partial charge is 0.319 e. The summed E-state index contributed by atoms with van der Waals surface area (Å²) in [5.74, 6) is -1.97. The lowest BCUT2D eigenvalue weighted by molar-refractivity contribution is 0.102. The minimum atomic E-state index is -0.813. The molecule has 1 N–H and O–H groups in total. The zero-order valence-corrected chi connectivity index (χ0v) is 12.7. The van der Waals surface area contributed by atoms with Crippen molar-refractivity contribution in [2.75, 3.05) is 5.32 Å². The highest BCUT2D eigenvalue weighted by Gasteiger charge is 2.13. The maximum atomic E-state index is 13.6. The first-order valence-corrected chi connectivity index (χ1v) is 7.23. The summed E-state index contributed by atoms with van der Waals surface area (Å²) in [7, 11) is 0. The minimum Gasteiger partial charge on any atom is -0.319 e. The van der Waals surface area contributed by atoms with Crippen molar-refractivity contribution >= 4 is 17.2 Å². The lowest BCUT2D eigenvalue weighted by atomic mass is 10.2. The molecule has 0 aliphatic carbocycles. The number of nitrogens with one attached hydrogen (secondary N) is 1. The first kappa shape index (κ1) is 15.1. The summed E-state index contributed by atoms with van der Waals surface area (Å²) in [6.45, 7) is 3.94. The molecule has 0 atom stereocenters. The van der Waals surface area contributed by atoms with Crippen molar-refractivity contribution in [3.63, 3.8) is 0 Å². The molecule has 0 radical (unpaired) electrons. The monoisotopic (exact) mass is 315 g/mol. The third kappa shape index (κ3) is 2.79. The zero-order chi connectivity index (χ0) is 16.6. The number of aromatic nitrogens is 2. The van der Waals surface area contributed by atoms with Gasteiger partial charge < -0.3 is 9.72 Å². The Hall–Kier alpha value is -2.76. The van der Waals surface area contributed by atoms with Gasteiger partial charge in [-0.2, -0.15) is 0 Å². The van der Waals surface area contributed by atoms with Crippen molar-refractivity contribution in [1.29, 1.82) is 0 Å². The van der Waals surface area contributed by atoms with Crippen LogP contribution in [0.2, 0.25) is 0 Å². The van der Waals surface area contributed by atoms with Crippen molar-refractivity contribution in [3.8, 4) is 0 Å². The fourth-order valence-corrected chi connectivity index (χ4v) is 2.47. The maximum Gasteiger partial charge on any atom is 0.257 e. The number of halogens is 2. The summed E-state index contributed by atoms with van der Waals surface area (Å²) >= 11 is 0. The van der Waals surface area contributed by atoms with Gasteiger partial charge in [0.15, 0.2) is 0 Å². The molecule has 2 aromatic heterocycles. The van der Waals surface area contributed by atoms with Gasteiger partial charge in [0.1, 0.15) is 17.3 Å². The number of carbonyl (C=O) groups is 1. The quantitative estimate of drug-likeness (QED) is 0.800. The molecule has 0 unspecified atom stereocenters. The normalized spacial score (nSPS) is 11.0. The summed E-state index contributed by atoms with van der Waals surface area (Å²) in [6, 6.07) is 6.38. The Balaban J connectivity index is 1.93. The summed E-state index contributed by atoms with van der Waals surface area (Å²) in [5.41, 5.74) is 2.98. The van der Waals surface area contributed by atoms with E-state index in [-0.39, 0.29) is 5.69 Å². The number of nitrogens with zero attached hydrogens (tertiary/aromatic N) is 2. The molecule has 0 saturated carbocycles.